The van der Waals surface area contributed by atoms with E-state index >= 15 is 0 Å². The van der Waals surface area contributed by atoms with Gasteiger partial charge in [-0.25, -0.2) is 4.39 Å². The summed E-state index contributed by atoms with van der Waals surface area (Å²) in [5, 5.41) is 11.7. The minimum Gasteiger partial charge on any atom is -0.374 e. The zero-order valence-corrected chi connectivity index (χ0v) is 7.27. The number of aliphatic hydroxyl groups excluding tert-OH is 1. The molecular formula is C8H9ClFNO. The Balaban J connectivity index is 2.86. The van der Waals surface area contributed by atoms with Crippen LogP contribution in [0.25, 0.3) is 0 Å². The number of rotatable bonds is 2. The molecule has 1 aromatic carbocycles. The van der Waals surface area contributed by atoms with E-state index in [0.29, 0.717) is 5.02 Å². The molecule has 0 aliphatic rings. The summed E-state index contributed by atoms with van der Waals surface area (Å²) in [5.41, 5.74) is 0.245. The number of anilines is 1. The van der Waals surface area contributed by atoms with Crippen molar-refractivity contribution in [2.45, 2.75) is 13.2 Å². The molecule has 2 nitrogen and oxygen atoms in total. The molecule has 12 heavy (non-hydrogen) atoms. The van der Waals surface area contributed by atoms with Gasteiger partial charge in [0.25, 0.3) is 0 Å². The number of nitrogens with one attached hydrogen (secondary N) is 1. The lowest BCUT2D eigenvalue weighted by molar-refractivity contribution is 0.224. The molecule has 0 heterocycles. The fraction of sp³-hybridized carbons (Fsp3) is 0.250. The van der Waals surface area contributed by atoms with E-state index in [1.807, 2.05) is 0 Å². The quantitative estimate of drug-likeness (QED) is 0.700. The van der Waals surface area contributed by atoms with Crippen molar-refractivity contribution in [3.8, 4) is 0 Å². The van der Waals surface area contributed by atoms with Crippen molar-refractivity contribution in [3.63, 3.8) is 0 Å². The van der Waals surface area contributed by atoms with Crippen LogP contribution < -0.4 is 5.32 Å². The van der Waals surface area contributed by atoms with Crippen molar-refractivity contribution in [1.82, 2.24) is 0 Å². The average Bonchev–Trinajstić information content (AvgIpc) is 1.94. The topological polar surface area (TPSA) is 32.3 Å². The molecule has 0 aliphatic carbocycles. The molecule has 0 radical (unpaired) electrons. The summed E-state index contributed by atoms with van der Waals surface area (Å²) in [6, 6.07) is 4.21. The summed E-state index contributed by atoms with van der Waals surface area (Å²) in [4.78, 5) is 0. The zero-order chi connectivity index (χ0) is 9.14. The van der Waals surface area contributed by atoms with E-state index in [1.54, 1.807) is 6.07 Å². The van der Waals surface area contributed by atoms with Crippen LogP contribution >= 0.6 is 11.6 Å². The number of hydrogen-bond donors (Lipinski definition) is 2. The molecule has 0 aliphatic heterocycles. The predicted molar refractivity (Wildman–Crippen MR) is 46.7 cm³/mol. The summed E-state index contributed by atoms with van der Waals surface area (Å²) in [6.07, 6.45) is -0.777. The lowest BCUT2D eigenvalue weighted by Crippen LogP contribution is -2.14. The van der Waals surface area contributed by atoms with E-state index in [9.17, 15) is 4.39 Å². The molecule has 0 aromatic heterocycles. The highest BCUT2D eigenvalue weighted by molar-refractivity contribution is 6.30. The molecule has 2 N–H and O–H groups in total. The highest BCUT2D eigenvalue weighted by atomic mass is 35.5. The summed E-state index contributed by atoms with van der Waals surface area (Å²) in [5.74, 6) is -0.469. The molecule has 1 atom stereocenters. The predicted octanol–water partition coefficient (Wildman–Crippen LogP) is 2.23. The lowest BCUT2D eigenvalue weighted by atomic mass is 10.3. The lowest BCUT2D eigenvalue weighted by Gasteiger charge is -2.09. The van der Waals surface area contributed by atoms with Crippen LogP contribution in [-0.2, 0) is 0 Å². The van der Waals surface area contributed by atoms with Crippen molar-refractivity contribution in [1.29, 1.82) is 0 Å². The largest absolute Gasteiger partial charge is 0.374 e. The van der Waals surface area contributed by atoms with E-state index in [0.717, 1.165) is 0 Å². The molecule has 0 amide bonds. The van der Waals surface area contributed by atoms with E-state index in [4.69, 9.17) is 16.7 Å². The molecule has 1 unspecified atom stereocenters. The zero-order valence-electron chi connectivity index (χ0n) is 6.51. The Morgan fingerprint density at radius 3 is 2.75 bits per heavy atom. The third-order valence-corrected chi connectivity index (χ3v) is 1.53. The maximum absolute atomic E-state index is 13.0. The Hall–Kier alpha value is -0.800. The van der Waals surface area contributed by atoms with E-state index < -0.39 is 12.0 Å². The van der Waals surface area contributed by atoms with Gasteiger partial charge >= 0.3 is 0 Å². The standard InChI is InChI=1S/C8H9ClFNO/c1-5(12)11-8-3-2-6(9)4-7(8)10/h2-5,11-12H,1H3. The van der Waals surface area contributed by atoms with Crippen molar-refractivity contribution in [3.05, 3.63) is 29.0 Å². The SMILES string of the molecule is CC(O)Nc1ccc(Cl)cc1F. The molecule has 1 rings (SSSR count). The Morgan fingerprint density at radius 2 is 2.25 bits per heavy atom. The molecule has 0 fully saturated rings. The van der Waals surface area contributed by atoms with Gasteiger partial charge in [-0.3, -0.25) is 0 Å². The van der Waals surface area contributed by atoms with Crippen LogP contribution in [0.1, 0.15) is 6.92 Å². The van der Waals surface area contributed by atoms with Gasteiger partial charge in [-0.15, -0.1) is 0 Å². The minimum atomic E-state index is -0.777. The molecule has 0 spiro atoms. The highest BCUT2D eigenvalue weighted by Gasteiger charge is 2.03. The Labute approximate surface area is 75.0 Å². The van der Waals surface area contributed by atoms with Gasteiger partial charge in [0, 0.05) is 5.02 Å². The number of benzene rings is 1. The Bertz CT molecular complexity index is 278. The van der Waals surface area contributed by atoms with Gasteiger partial charge in [-0.05, 0) is 25.1 Å². The van der Waals surface area contributed by atoms with Gasteiger partial charge in [0.2, 0.25) is 0 Å². The second-order valence-corrected chi connectivity index (χ2v) is 2.88. The van der Waals surface area contributed by atoms with Gasteiger partial charge in [0.15, 0.2) is 0 Å². The average molecular weight is 190 g/mol. The second-order valence-electron chi connectivity index (χ2n) is 2.44. The van der Waals surface area contributed by atoms with Crippen LogP contribution in [0.2, 0.25) is 5.02 Å². The van der Waals surface area contributed by atoms with Crippen LogP contribution in [0, 0.1) is 5.82 Å². The summed E-state index contributed by atoms with van der Waals surface area (Å²) in [6.45, 7) is 1.51. The molecule has 66 valence electrons. The molecule has 1 aromatic rings. The fourth-order valence-corrected chi connectivity index (χ4v) is 0.990. The maximum Gasteiger partial charge on any atom is 0.147 e. The molecule has 0 bridgehead atoms. The highest BCUT2D eigenvalue weighted by Crippen LogP contribution is 2.18. The smallest absolute Gasteiger partial charge is 0.147 e. The van der Waals surface area contributed by atoms with Crippen LogP contribution in [0.5, 0.6) is 0 Å². The fourth-order valence-electron chi connectivity index (χ4n) is 0.832. The van der Waals surface area contributed by atoms with Crippen molar-refractivity contribution in [2.24, 2.45) is 0 Å². The van der Waals surface area contributed by atoms with E-state index in [1.165, 1.54) is 19.1 Å². The van der Waals surface area contributed by atoms with Crippen LogP contribution in [0.15, 0.2) is 18.2 Å². The van der Waals surface area contributed by atoms with Gasteiger partial charge in [0.05, 0.1) is 5.69 Å². The number of halogens is 2. The number of hydrogen-bond acceptors (Lipinski definition) is 2. The molecule has 4 heteroatoms. The summed E-state index contributed by atoms with van der Waals surface area (Å²) < 4.78 is 13.0. The molecule has 0 saturated heterocycles. The normalized spacial score (nSPS) is 12.7. The van der Waals surface area contributed by atoms with Crippen molar-refractivity contribution >= 4 is 17.3 Å². The first-order valence-electron chi connectivity index (χ1n) is 3.49. The Kier molecular flexibility index (Phi) is 2.89. The van der Waals surface area contributed by atoms with Gasteiger partial charge in [-0.1, -0.05) is 11.6 Å². The number of aliphatic hydroxyl groups is 1. The van der Waals surface area contributed by atoms with Crippen molar-refractivity contribution < 1.29 is 9.50 Å². The van der Waals surface area contributed by atoms with Crippen molar-refractivity contribution in [2.75, 3.05) is 5.32 Å². The monoisotopic (exact) mass is 189 g/mol. The maximum atomic E-state index is 13.0. The first-order chi connectivity index (χ1) is 5.59. The molecule has 0 saturated carbocycles. The van der Waals surface area contributed by atoms with E-state index in [-0.39, 0.29) is 5.69 Å². The third-order valence-electron chi connectivity index (χ3n) is 1.30. The van der Waals surface area contributed by atoms with Gasteiger partial charge < -0.3 is 10.4 Å². The van der Waals surface area contributed by atoms with Gasteiger partial charge in [0.1, 0.15) is 12.0 Å². The summed E-state index contributed by atoms with van der Waals surface area (Å²) in [7, 11) is 0. The van der Waals surface area contributed by atoms with E-state index in [2.05, 4.69) is 5.32 Å². The first-order valence-corrected chi connectivity index (χ1v) is 3.87. The van der Waals surface area contributed by atoms with Crippen LogP contribution in [-0.4, -0.2) is 11.3 Å². The third kappa shape index (κ3) is 2.36. The first kappa shape index (κ1) is 9.29. The van der Waals surface area contributed by atoms with Crippen LogP contribution in [0.3, 0.4) is 0 Å². The minimum absolute atomic E-state index is 0.245. The van der Waals surface area contributed by atoms with Crippen LogP contribution in [0.4, 0.5) is 10.1 Å². The van der Waals surface area contributed by atoms with Gasteiger partial charge in [-0.2, -0.15) is 0 Å². The Morgan fingerprint density at radius 1 is 1.58 bits per heavy atom. The molecular weight excluding hydrogens is 181 g/mol. The summed E-state index contributed by atoms with van der Waals surface area (Å²) >= 11 is 5.52. The second kappa shape index (κ2) is 3.74.